The molecular weight excluding hydrogens is 482 g/mol. The maximum Gasteiger partial charge on any atom is 0.433 e. The van der Waals surface area contributed by atoms with Crippen molar-refractivity contribution >= 4 is 34.5 Å². The highest BCUT2D eigenvalue weighted by atomic mass is 35.5. The molecule has 0 unspecified atom stereocenters. The lowest BCUT2D eigenvalue weighted by Crippen LogP contribution is -2.18. The minimum Gasteiger partial charge on any atom is -0.380 e. The number of alkyl halides is 3. The van der Waals surface area contributed by atoms with E-state index in [1.807, 2.05) is 0 Å². The predicted octanol–water partition coefficient (Wildman–Crippen LogP) is 4.43. The lowest BCUT2D eigenvalue weighted by molar-refractivity contribution is -0.143. The number of hydrogen-bond donors (Lipinski definition) is 1. The highest BCUT2D eigenvalue weighted by Gasteiger charge is 2.39. The van der Waals surface area contributed by atoms with Gasteiger partial charge in [-0.05, 0) is 18.2 Å². The molecule has 0 spiro atoms. The van der Waals surface area contributed by atoms with Gasteiger partial charge in [-0.3, -0.25) is 4.40 Å². The van der Waals surface area contributed by atoms with Crippen LogP contribution in [0.15, 0.2) is 55.2 Å². The van der Waals surface area contributed by atoms with Gasteiger partial charge in [0.15, 0.2) is 11.5 Å². The molecule has 0 bridgehead atoms. The van der Waals surface area contributed by atoms with Gasteiger partial charge in [0.1, 0.15) is 16.6 Å². The second kappa shape index (κ2) is 8.05. The predicted molar refractivity (Wildman–Crippen MR) is 114 cm³/mol. The van der Waals surface area contributed by atoms with Crippen molar-refractivity contribution in [2.24, 2.45) is 0 Å². The Morgan fingerprint density at radius 3 is 2.48 bits per heavy atom. The van der Waals surface area contributed by atoms with Gasteiger partial charge < -0.3 is 5.32 Å². The van der Waals surface area contributed by atoms with E-state index in [1.54, 1.807) is 12.1 Å². The largest absolute Gasteiger partial charge is 0.433 e. The average molecular weight is 494 g/mol. The standard InChI is InChI=1S/C19H12Cl2F3N9/c20-13-6-12(9-27-18(13)33-28-4-5-29-33)25-7-11-8-30-32(17(11)19(22,23)24)16-3-1-2-15-26-10-14(21)31(15)16/h1-6,8-10,25H,7H2. The number of anilines is 1. The molecule has 0 atom stereocenters. The Hall–Kier alpha value is -3.64. The summed E-state index contributed by atoms with van der Waals surface area (Å²) in [6.45, 7) is -0.181. The first-order chi connectivity index (χ1) is 15.8. The van der Waals surface area contributed by atoms with Crippen LogP contribution in [0.2, 0.25) is 10.2 Å². The number of nitrogens with one attached hydrogen (secondary N) is 1. The van der Waals surface area contributed by atoms with Crippen molar-refractivity contribution in [2.75, 3.05) is 5.32 Å². The molecule has 0 aliphatic rings. The van der Waals surface area contributed by atoms with Gasteiger partial charge in [-0.2, -0.15) is 28.5 Å². The third-order valence-electron chi connectivity index (χ3n) is 4.71. The summed E-state index contributed by atoms with van der Waals surface area (Å²) >= 11 is 12.4. The Kier molecular flexibility index (Phi) is 5.17. The molecule has 14 heteroatoms. The Bertz CT molecular complexity index is 1440. The molecule has 0 saturated carbocycles. The first kappa shape index (κ1) is 21.2. The van der Waals surface area contributed by atoms with Crippen molar-refractivity contribution in [2.45, 2.75) is 12.7 Å². The first-order valence-electron chi connectivity index (χ1n) is 9.35. The average Bonchev–Trinajstić information content (AvgIpc) is 3.52. The zero-order valence-corrected chi connectivity index (χ0v) is 17.9. The van der Waals surface area contributed by atoms with Gasteiger partial charge in [-0.1, -0.05) is 29.3 Å². The Labute approximate surface area is 193 Å². The zero-order valence-electron chi connectivity index (χ0n) is 16.4. The van der Waals surface area contributed by atoms with Crippen LogP contribution in [0.1, 0.15) is 11.3 Å². The van der Waals surface area contributed by atoms with Gasteiger partial charge in [0, 0.05) is 12.1 Å². The first-order valence-corrected chi connectivity index (χ1v) is 10.1. The third-order valence-corrected chi connectivity index (χ3v) is 5.25. The summed E-state index contributed by atoms with van der Waals surface area (Å²) in [6.07, 6.45) is 2.19. The highest BCUT2D eigenvalue weighted by molar-refractivity contribution is 6.32. The maximum atomic E-state index is 14.1. The van der Waals surface area contributed by atoms with Gasteiger partial charge in [0.05, 0.1) is 41.7 Å². The number of rotatable bonds is 5. The molecular formula is C19H12Cl2F3N9. The number of halogens is 5. The van der Waals surface area contributed by atoms with Crippen LogP contribution in [0, 0.1) is 0 Å². The summed E-state index contributed by atoms with van der Waals surface area (Å²) in [4.78, 5) is 9.49. The minimum atomic E-state index is -4.69. The summed E-state index contributed by atoms with van der Waals surface area (Å²) in [5.41, 5.74) is -0.210. The molecule has 168 valence electrons. The molecule has 9 nitrogen and oxygen atoms in total. The van der Waals surface area contributed by atoms with Gasteiger partial charge in [-0.15, -0.1) is 4.80 Å². The van der Waals surface area contributed by atoms with Gasteiger partial charge in [0.2, 0.25) is 0 Å². The lowest BCUT2D eigenvalue weighted by Gasteiger charge is -2.15. The van der Waals surface area contributed by atoms with Crippen molar-refractivity contribution in [1.29, 1.82) is 0 Å². The third kappa shape index (κ3) is 3.87. The van der Waals surface area contributed by atoms with Gasteiger partial charge in [0.25, 0.3) is 0 Å². The van der Waals surface area contributed by atoms with E-state index in [-0.39, 0.29) is 28.1 Å². The fraction of sp³-hybridized carbons (Fsp3) is 0.105. The van der Waals surface area contributed by atoms with E-state index in [0.29, 0.717) is 17.2 Å². The maximum absolute atomic E-state index is 14.1. The second-order valence-corrected chi connectivity index (χ2v) is 7.58. The second-order valence-electron chi connectivity index (χ2n) is 6.79. The molecule has 1 N–H and O–H groups in total. The molecule has 0 fully saturated rings. The van der Waals surface area contributed by atoms with E-state index in [2.05, 4.69) is 30.6 Å². The van der Waals surface area contributed by atoms with E-state index in [0.717, 1.165) is 10.9 Å². The number of nitrogens with zero attached hydrogens (tertiary/aromatic N) is 8. The van der Waals surface area contributed by atoms with E-state index >= 15 is 0 Å². The topological polar surface area (TPSA) is 90.8 Å². The number of imidazole rings is 1. The van der Waals surface area contributed by atoms with Crippen LogP contribution < -0.4 is 5.32 Å². The van der Waals surface area contributed by atoms with E-state index in [4.69, 9.17) is 23.2 Å². The summed E-state index contributed by atoms with van der Waals surface area (Å²) in [7, 11) is 0. The monoisotopic (exact) mass is 493 g/mol. The fourth-order valence-corrected chi connectivity index (χ4v) is 3.80. The van der Waals surface area contributed by atoms with E-state index < -0.39 is 11.9 Å². The molecule has 5 rings (SSSR count). The fourth-order valence-electron chi connectivity index (χ4n) is 3.33. The van der Waals surface area contributed by atoms with Crippen LogP contribution in [-0.4, -0.2) is 39.1 Å². The lowest BCUT2D eigenvalue weighted by atomic mass is 10.2. The zero-order chi connectivity index (χ0) is 23.2. The molecule has 0 aromatic carbocycles. The Morgan fingerprint density at radius 2 is 1.76 bits per heavy atom. The SMILES string of the molecule is FC(F)(F)c1c(CNc2cnc(-n3nccn3)c(Cl)c2)cnn1-c1cccc2ncc(Cl)n12. The molecule has 5 aromatic rings. The molecule has 33 heavy (non-hydrogen) atoms. The van der Waals surface area contributed by atoms with Crippen molar-refractivity contribution in [1.82, 2.24) is 39.1 Å². The van der Waals surface area contributed by atoms with Crippen LogP contribution in [-0.2, 0) is 12.7 Å². The number of pyridine rings is 2. The number of aromatic nitrogens is 8. The molecule has 5 heterocycles. The molecule has 0 aliphatic carbocycles. The summed E-state index contributed by atoms with van der Waals surface area (Å²) in [5.74, 6) is 0.399. The smallest absolute Gasteiger partial charge is 0.380 e. The van der Waals surface area contributed by atoms with Crippen LogP contribution in [0.4, 0.5) is 18.9 Å². The summed E-state index contributed by atoms with van der Waals surface area (Å²) < 4.78 is 44.4. The summed E-state index contributed by atoms with van der Waals surface area (Å²) in [6, 6.07) is 6.22. The van der Waals surface area contributed by atoms with Crippen molar-refractivity contribution in [3.05, 3.63) is 76.7 Å². The Morgan fingerprint density at radius 1 is 0.970 bits per heavy atom. The van der Waals surface area contributed by atoms with Gasteiger partial charge >= 0.3 is 6.18 Å². The highest BCUT2D eigenvalue weighted by Crippen LogP contribution is 2.34. The van der Waals surface area contributed by atoms with Crippen LogP contribution >= 0.6 is 23.2 Å². The minimum absolute atomic E-state index is 0.0790. The van der Waals surface area contributed by atoms with Crippen molar-refractivity contribution in [3.8, 4) is 11.6 Å². The molecule has 0 radical (unpaired) electrons. The van der Waals surface area contributed by atoms with Crippen molar-refractivity contribution < 1.29 is 13.2 Å². The molecule has 0 aliphatic heterocycles. The molecule has 0 amide bonds. The van der Waals surface area contributed by atoms with Gasteiger partial charge in [-0.25, -0.2) is 14.6 Å². The normalized spacial score (nSPS) is 11.9. The quantitative estimate of drug-likeness (QED) is 0.389. The number of hydrogen-bond acceptors (Lipinski definition) is 6. The Balaban J connectivity index is 1.48. The summed E-state index contributed by atoms with van der Waals surface area (Å²) in [5, 5.41) is 15.2. The number of fused-ring (bicyclic) bond motifs is 1. The molecule has 5 aromatic heterocycles. The van der Waals surface area contributed by atoms with E-state index in [1.165, 1.54) is 46.1 Å². The van der Waals surface area contributed by atoms with Crippen LogP contribution in [0.25, 0.3) is 17.3 Å². The molecule has 0 saturated heterocycles. The van der Waals surface area contributed by atoms with Crippen LogP contribution in [0.5, 0.6) is 0 Å². The van der Waals surface area contributed by atoms with Crippen LogP contribution in [0.3, 0.4) is 0 Å². The van der Waals surface area contributed by atoms with Crippen molar-refractivity contribution in [3.63, 3.8) is 0 Å². The van der Waals surface area contributed by atoms with E-state index in [9.17, 15) is 13.2 Å².